The fourth-order valence-corrected chi connectivity index (χ4v) is 1.60. The van der Waals surface area contributed by atoms with Crippen LogP contribution in [0.5, 0.6) is 5.75 Å². The fraction of sp³-hybridized carbons (Fsp3) is 0.571. The molecule has 1 aromatic carbocycles. The number of aromatic hydroxyl groups is 1. The summed E-state index contributed by atoms with van der Waals surface area (Å²) >= 11 is 0. The lowest BCUT2D eigenvalue weighted by Gasteiger charge is -2.29. The quantitative estimate of drug-likeness (QED) is 0.845. The highest BCUT2D eigenvalue weighted by Crippen LogP contribution is 2.22. The van der Waals surface area contributed by atoms with Crippen molar-refractivity contribution in [2.45, 2.75) is 33.2 Å². The zero-order valence-electron chi connectivity index (χ0n) is 11.3. The summed E-state index contributed by atoms with van der Waals surface area (Å²) in [6.07, 6.45) is 0.959. The van der Waals surface area contributed by atoms with Gasteiger partial charge in [-0.05, 0) is 36.1 Å². The third-order valence-corrected chi connectivity index (χ3v) is 3.18. The maximum Gasteiger partial charge on any atom is 0.115 e. The van der Waals surface area contributed by atoms with Gasteiger partial charge in [0.15, 0.2) is 0 Å². The van der Waals surface area contributed by atoms with Gasteiger partial charge in [0.25, 0.3) is 0 Å². The highest BCUT2D eigenvalue weighted by Gasteiger charge is 2.20. The van der Waals surface area contributed by atoms with Crippen molar-refractivity contribution < 1.29 is 5.11 Å². The first-order valence-electron chi connectivity index (χ1n) is 6.06. The van der Waals surface area contributed by atoms with Crippen LogP contribution in [0.15, 0.2) is 24.3 Å². The number of phenols is 1. The summed E-state index contributed by atoms with van der Waals surface area (Å²) in [6, 6.07) is 7.43. The number of nitrogens with two attached hydrogens (primary N) is 1. The van der Waals surface area contributed by atoms with Crippen molar-refractivity contribution in [1.29, 1.82) is 0 Å². The molecule has 1 rings (SSSR count). The Morgan fingerprint density at radius 1 is 1.24 bits per heavy atom. The Hall–Kier alpha value is -1.22. The van der Waals surface area contributed by atoms with Crippen molar-refractivity contribution in [1.82, 2.24) is 0 Å². The Balaban J connectivity index is 2.50. The van der Waals surface area contributed by atoms with Gasteiger partial charge < -0.3 is 15.7 Å². The Kier molecular flexibility index (Phi) is 4.40. The van der Waals surface area contributed by atoms with Crippen molar-refractivity contribution in [2.75, 3.05) is 18.5 Å². The van der Waals surface area contributed by atoms with Crippen molar-refractivity contribution in [3.63, 3.8) is 0 Å². The predicted molar refractivity (Wildman–Crippen MR) is 73.4 cm³/mol. The molecule has 0 aliphatic heterocycles. The second-order valence-corrected chi connectivity index (χ2v) is 5.70. The highest BCUT2D eigenvalue weighted by atomic mass is 16.3. The Morgan fingerprint density at radius 3 is 2.24 bits per heavy atom. The summed E-state index contributed by atoms with van der Waals surface area (Å²) in [5.74, 6) is 0.300. The van der Waals surface area contributed by atoms with Gasteiger partial charge in [0.05, 0.1) is 0 Å². The molecule has 3 nitrogen and oxygen atoms in total. The number of benzene rings is 1. The van der Waals surface area contributed by atoms with Gasteiger partial charge in [-0.1, -0.05) is 20.8 Å². The molecule has 3 N–H and O–H groups in total. The minimum Gasteiger partial charge on any atom is -0.508 e. The SMILES string of the molecule is CN(CCC(N)C(C)(C)C)c1ccc(O)cc1. The standard InChI is InChI=1S/C14H24N2O/c1-14(2,3)13(15)9-10-16(4)11-5-7-12(17)8-6-11/h5-8,13,17H,9-10,15H2,1-4H3. The van der Waals surface area contributed by atoms with Gasteiger partial charge in [-0.3, -0.25) is 0 Å². The Morgan fingerprint density at radius 2 is 1.76 bits per heavy atom. The number of anilines is 1. The number of hydrogen-bond acceptors (Lipinski definition) is 3. The molecule has 3 heteroatoms. The van der Waals surface area contributed by atoms with E-state index in [0.717, 1.165) is 18.7 Å². The van der Waals surface area contributed by atoms with Crippen LogP contribution in [0.25, 0.3) is 0 Å². The molecule has 17 heavy (non-hydrogen) atoms. The zero-order chi connectivity index (χ0) is 13.1. The largest absolute Gasteiger partial charge is 0.508 e. The second-order valence-electron chi connectivity index (χ2n) is 5.70. The molecule has 0 saturated carbocycles. The van der Waals surface area contributed by atoms with Crippen LogP contribution >= 0.6 is 0 Å². The first-order chi connectivity index (χ1) is 7.80. The van der Waals surface area contributed by atoms with Gasteiger partial charge in [-0.15, -0.1) is 0 Å². The van der Waals surface area contributed by atoms with Crippen molar-refractivity contribution in [3.8, 4) is 5.75 Å². The van der Waals surface area contributed by atoms with Gasteiger partial charge in [-0.25, -0.2) is 0 Å². The van der Waals surface area contributed by atoms with Gasteiger partial charge in [-0.2, -0.15) is 0 Å². The van der Waals surface area contributed by atoms with E-state index in [4.69, 9.17) is 5.73 Å². The Labute approximate surface area is 104 Å². The van der Waals surface area contributed by atoms with E-state index in [9.17, 15) is 5.11 Å². The molecule has 1 aromatic rings. The summed E-state index contributed by atoms with van der Waals surface area (Å²) in [5, 5.41) is 9.22. The number of hydrogen-bond donors (Lipinski definition) is 2. The molecule has 1 atom stereocenters. The molecule has 0 radical (unpaired) electrons. The zero-order valence-corrected chi connectivity index (χ0v) is 11.3. The van der Waals surface area contributed by atoms with E-state index >= 15 is 0 Å². The Bertz CT molecular complexity index is 340. The predicted octanol–water partition coefficient (Wildman–Crippen LogP) is 2.59. The summed E-state index contributed by atoms with van der Waals surface area (Å²) in [4.78, 5) is 2.16. The lowest BCUT2D eigenvalue weighted by Crippen LogP contribution is -2.38. The van der Waals surface area contributed by atoms with Gasteiger partial charge >= 0.3 is 0 Å². The minimum atomic E-state index is 0.149. The van der Waals surface area contributed by atoms with E-state index in [1.165, 1.54) is 0 Å². The molecule has 0 spiro atoms. The summed E-state index contributed by atoms with van der Waals surface area (Å²) in [6.45, 7) is 7.41. The molecule has 0 aliphatic carbocycles. The van der Waals surface area contributed by atoms with Gasteiger partial charge in [0.2, 0.25) is 0 Å². The van der Waals surface area contributed by atoms with E-state index in [1.807, 2.05) is 19.2 Å². The maximum absolute atomic E-state index is 9.22. The lowest BCUT2D eigenvalue weighted by molar-refractivity contribution is 0.308. The van der Waals surface area contributed by atoms with Crippen LogP contribution in [0.4, 0.5) is 5.69 Å². The molecule has 0 bridgehead atoms. The average Bonchev–Trinajstić information content (AvgIpc) is 2.25. The van der Waals surface area contributed by atoms with E-state index in [2.05, 4.69) is 25.7 Å². The van der Waals surface area contributed by atoms with E-state index in [0.29, 0.717) is 5.75 Å². The monoisotopic (exact) mass is 236 g/mol. The molecule has 1 unspecified atom stereocenters. The molecule has 0 saturated heterocycles. The van der Waals surface area contributed by atoms with Crippen LogP contribution in [0.2, 0.25) is 0 Å². The van der Waals surface area contributed by atoms with Crippen LogP contribution in [0, 0.1) is 5.41 Å². The third kappa shape index (κ3) is 4.27. The first kappa shape index (κ1) is 13.8. The van der Waals surface area contributed by atoms with Crippen molar-refractivity contribution in [3.05, 3.63) is 24.3 Å². The van der Waals surface area contributed by atoms with E-state index in [-0.39, 0.29) is 11.5 Å². The summed E-state index contributed by atoms with van der Waals surface area (Å²) in [5.41, 5.74) is 7.38. The van der Waals surface area contributed by atoms with Crippen LogP contribution in [0.1, 0.15) is 27.2 Å². The van der Waals surface area contributed by atoms with Crippen LogP contribution in [0.3, 0.4) is 0 Å². The molecule has 96 valence electrons. The average molecular weight is 236 g/mol. The molecular weight excluding hydrogens is 212 g/mol. The number of phenolic OH excluding ortho intramolecular Hbond substituents is 1. The smallest absolute Gasteiger partial charge is 0.115 e. The third-order valence-electron chi connectivity index (χ3n) is 3.18. The summed E-state index contributed by atoms with van der Waals surface area (Å²) < 4.78 is 0. The topological polar surface area (TPSA) is 49.5 Å². The number of nitrogens with zero attached hydrogens (tertiary/aromatic N) is 1. The fourth-order valence-electron chi connectivity index (χ4n) is 1.60. The summed E-state index contributed by atoms with van der Waals surface area (Å²) in [7, 11) is 2.04. The maximum atomic E-state index is 9.22. The molecule has 0 fully saturated rings. The van der Waals surface area contributed by atoms with Crippen LogP contribution < -0.4 is 10.6 Å². The molecule has 0 aliphatic rings. The molecule has 0 aromatic heterocycles. The van der Waals surface area contributed by atoms with E-state index in [1.54, 1.807) is 12.1 Å². The lowest BCUT2D eigenvalue weighted by atomic mass is 9.85. The van der Waals surface area contributed by atoms with Crippen LogP contribution in [-0.2, 0) is 0 Å². The highest BCUT2D eigenvalue weighted by molar-refractivity contribution is 5.47. The van der Waals surface area contributed by atoms with Crippen molar-refractivity contribution in [2.24, 2.45) is 11.1 Å². The minimum absolute atomic E-state index is 0.149. The van der Waals surface area contributed by atoms with Gasteiger partial charge in [0.1, 0.15) is 5.75 Å². The molecule has 0 heterocycles. The van der Waals surface area contributed by atoms with E-state index < -0.39 is 0 Å². The second kappa shape index (κ2) is 5.41. The van der Waals surface area contributed by atoms with Gasteiger partial charge in [0, 0.05) is 25.3 Å². The molecule has 0 amide bonds. The number of rotatable bonds is 4. The normalized spacial score (nSPS) is 13.5. The molecular formula is C14H24N2O. The first-order valence-corrected chi connectivity index (χ1v) is 6.06. The van der Waals surface area contributed by atoms with Crippen LogP contribution in [-0.4, -0.2) is 24.7 Å². The van der Waals surface area contributed by atoms with Crippen molar-refractivity contribution >= 4 is 5.69 Å².